The summed E-state index contributed by atoms with van der Waals surface area (Å²) in [5, 5.41) is 18.8. The number of methoxy groups -OCH3 is 2. The fraction of sp³-hybridized carbons (Fsp3) is 0.447. The van der Waals surface area contributed by atoms with Crippen LogP contribution in [0.25, 0.3) is 11.3 Å². The molecule has 1 aromatic heterocycles. The summed E-state index contributed by atoms with van der Waals surface area (Å²) in [5.41, 5.74) is -0.0927. The van der Waals surface area contributed by atoms with E-state index in [1.807, 2.05) is 5.32 Å². The van der Waals surface area contributed by atoms with Gasteiger partial charge in [-0.1, -0.05) is 102 Å². The topological polar surface area (TPSA) is 171 Å². The first-order valence-electron chi connectivity index (χ1n) is 19.9. The number of aliphatic hydroxyl groups is 1. The highest BCUT2D eigenvalue weighted by Gasteiger charge is 2.37. The maximum absolute atomic E-state index is 14.2. The summed E-state index contributed by atoms with van der Waals surface area (Å²) in [6.07, 6.45) is -8.38. The van der Waals surface area contributed by atoms with Crippen LogP contribution in [0, 0.1) is 10.8 Å². The number of pyridine rings is 1. The third-order valence-corrected chi connectivity index (χ3v) is 7.21. The summed E-state index contributed by atoms with van der Waals surface area (Å²) >= 11 is 0. The Kier molecular flexibility index (Phi) is 10.7. The highest BCUT2D eigenvalue weighted by Crippen LogP contribution is 2.23. The van der Waals surface area contributed by atoms with Crippen molar-refractivity contribution in [2.75, 3.05) is 20.7 Å². The lowest BCUT2D eigenvalue weighted by Crippen LogP contribution is -2.60. The van der Waals surface area contributed by atoms with Gasteiger partial charge in [0.25, 0.3) is 5.91 Å². The molecule has 0 saturated carbocycles. The van der Waals surface area contributed by atoms with Crippen LogP contribution in [0.1, 0.15) is 63.6 Å². The fourth-order valence-corrected chi connectivity index (χ4v) is 4.51. The van der Waals surface area contributed by atoms with Crippen molar-refractivity contribution < 1.29 is 44.7 Å². The van der Waals surface area contributed by atoms with Crippen molar-refractivity contribution in [2.24, 2.45) is 10.8 Å². The number of benzene rings is 2. The molecular formula is C38H52N6O7. The number of carbonyl (C=O) groups excluding carboxylic acids is 4. The van der Waals surface area contributed by atoms with Gasteiger partial charge in [-0.15, -0.1) is 0 Å². The van der Waals surface area contributed by atoms with E-state index in [9.17, 15) is 35.3 Å². The molecule has 1 heterocycles. The lowest BCUT2D eigenvalue weighted by Gasteiger charge is -2.35. The van der Waals surface area contributed by atoms with Crippen molar-refractivity contribution >= 4 is 24.0 Å². The third-order valence-electron chi connectivity index (χ3n) is 7.21. The van der Waals surface area contributed by atoms with Gasteiger partial charge in [-0.3, -0.25) is 20.0 Å². The van der Waals surface area contributed by atoms with Crippen molar-refractivity contribution in [1.29, 1.82) is 0 Å². The van der Waals surface area contributed by atoms with Crippen molar-refractivity contribution in [3.05, 3.63) is 90.1 Å². The summed E-state index contributed by atoms with van der Waals surface area (Å²) < 4.78 is 84.2. The Morgan fingerprint density at radius 1 is 0.784 bits per heavy atom. The summed E-state index contributed by atoms with van der Waals surface area (Å²) in [4.78, 5) is 57.3. The molecule has 0 radical (unpaired) electrons. The van der Waals surface area contributed by atoms with Crippen LogP contribution in [0.5, 0.6) is 0 Å². The van der Waals surface area contributed by atoms with Gasteiger partial charge in [-0.2, -0.15) is 0 Å². The third kappa shape index (κ3) is 12.7. The highest BCUT2D eigenvalue weighted by atomic mass is 16.5. The Labute approximate surface area is 311 Å². The SMILES string of the molecule is [2H]C([2H])(c1ccc(-c2ccccn2)cc1)N(NC(=O)[C@@H](NC(=O)OC)C(C)(C)C)C([2H])([2H])[C@]([2H])(O)[C@]([2H])(NC(=O)[C@@H](NC(=O)OC)C(C)(C)C)C([2H])([2H])c1ccccc1. The van der Waals surface area contributed by atoms with Gasteiger partial charge in [-0.05, 0) is 40.5 Å². The molecule has 2 aromatic carbocycles. The molecule has 0 fully saturated rings. The molecule has 276 valence electrons. The molecule has 0 unspecified atom stereocenters. The number of hydrogen-bond acceptors (Lipinski definition) is 9. The van der Waals surface area contributed by atoms with Gasteiger partial charge >= 0.3 is 12.2 Å². The zero-order valence-electron chi connectivity index (χ0n) is 38.0. The second-order valence-electron chi connectivity index (χ2n) is 13.4. The molecule has 0 aliphatic rings. The molecule has 3 aromatic rings. The molecular weight excluding hydrogens is 652 g/mol. The molecule has 0 saturated heterocycles. The minimum atomic E-state index is -4.32. The van der Waals surface area contributed by atoms with E-state index in [2.05, 4.69) is 30.5 Å². The predicted molar refractivity (Wildman–Crippen MR) is 194 cm³/mol. The first kappa shape index (κ1) is 29.7. The monoisotopic (exact) mass is 712 g/mol. The lowest BCUT2D eigenvalue weighted by atomic mass is 9.85. The molecule has 5 N–H and O–H groups in total. The van der Waals surface area contributed by atoms with Crippen molar-refractivity contribution in [1.82, 2.24) is 31.4 Å². The van der Waals surface area contributed by atoms with Gasteiger partial charge in [0, 0.05) is 30.2 Å². The van der Waals surface area contributed by atoms with Crippen LogP contribution in [0.4, 0.5) is 9.59 Å². The fourth-order valence-electron chi connectivity index (χ4n) is 4.51. The van der Waals surface area contributed by atoms with E-state index in [1.165, 1.54) is 90.2 Å². The largest absolute Gasteiger partial charge is 0.453 e. The maximum atomic E-state index is 14.2. The van der Waals surface area contributed by atoms with Crippen LogP contribution in [-0.4, -0.2) is 84.0 Å². The second kappa shape index (κ2) is 18.3. The Morgan fingerprint density at radius 2 is 1.33 bits per heavy atom. The Balaban J connectivity index is 2.37. The Bertz CT molecular complexity index is 1950. The Hall–Kier alpha value is -5.01. The number of hydrazine groups is 1. The van der Waals surface area contributed by atoms with Crippen LogP contribution >= 0.6 is 0 Å². The summed E-state index contributed by atoms with van der Waals surface area (Å²) in [6, 6.07) is 9.83. The number of carbonyl (C=O) groups is 4. The number of hydrogen-bond donors (Lipinski definition) is 5. The molecule has 0 spiro atoms. The standard InChI is InChI=1S/C38H52N6O7/c1-37(2,3)31(41-35(48)50-7)33(46)40-29(22-25-14-10-9-11-15-25)30(45)24-44(43-34(47)32(38(4,5)6)42-36(49)51-8)23-26-17-19-27(20-18-26)28-16-12-13-21-39-28/h9-21,29-32,45H,22-24H2,1-8H3,(H,40,46)(H,41,48)(H,42,49)(H,43,47)/t29-,30+,31-,32-/m1/s1/i22D2,23D2,24D2,29D,30D. The lowest BCUT2D eigenvalue weighted by molar-refractivity contribution is -0.132. The molecule has 51 heavy (non-hydrogen) atoms. The van der Waals surface area contributed by atoms with E-state index < -0.39 is 83.9 Å². The smallest absolute Gasteiger partial charge is 0.407 e. The van der Waals surface area contributed by atoms with Gasteiger partial charge in [0.05, 0.1) is 37.5 Å². The van der Waals surface area contributed by atoms with Gasteiger partial charge < -0.3 is 30.5 Å². The minimum absolute atomic E-state index is 0.104. The number of amides is 4. The molecule has 0 aliphatic heterocycles. The second-order valence-corrected chi connectivity index (χ2v) is 13.4. The van der Waals surface area contributed by atoms with Crippen molar-refractivity contribution in [2.45, 2.75) is 78.6 Å². The highest BCUT2D eigenvalue weighted by molar-refractivity contribution is 5.87. The first-order valence-corrected chi connectivity index (χ1v) is 15.9. The number of rotatable bonds is 14. The van der Waals surface area contributed by atoms with E-state index in [4.69, 9.17) is 0 Å². The molecule has 4 amide bonds. The molecule has 0 aliphatic carbocycles. The normalized spacial score (nSPS) is 18.4. The number of nitrogens with zero attached hydrogens (tertiary/aromatic N) is 2. The summed E-state index contributed by atoms with van der Waals surface area (Å²) in [7, 11) is 2.04. The number of nitrogens with one attached hydrogen (secondary N) is 4. The molecule has 13 nitrogen and oxygen atoms in total. The van der Waals surface area contributed by atoms with Crippen LogP contribution < -0.4 is 21.4 Å². The molecule has 0 bridgehead atoms. The molecule has 3 rings (SSSR count). The zero-order chi connectivity index (χ0) is 45.0. The molecule has 13 heteroatoms. The van der Waals surface area contributed by atoms with Crippen molar-refractivity contribution in [3.63, 3.8) is 0 Å². The van der Waals surface area contributed by atoms with Gasteiger partial charge in [0.15, 0.2) is 0 Å². The summed E-state index contributed by atoms with van der Waals surface area (Å²) in [6.45, 7) is 1.65. The minimum Gasteiger partial charge on any atom is -0.453 e. The predicted octanol–water partition coefficient (Wildman–Crippen LogP) is 4.21. The van der Waals surface area contributed by atoms with E-state index in [0.29, 0.717) is 11.3 Å². The maximum Gasteiger partial charge on any atom is 0.407 e. The molecule has 4 atom stereocenters. The number of ether oxygens (including phenoxy) is 2. The van der Waals surface area contributed by atoms with E-state index in [1.54, 1.807) is 18.2 Å². The van der Waals surface area contributed by atoms with Crippen LogP contribution in [-0.2, 0) is 31.9 Å². The average molecular weight is 713 g/mol. The van der Waals surface area contributed by atoms with Gasteiger partial charge in [0.2, 0.25) is 5.91 Å². The zero-order valence-corrected chi connectivity index (χ0v) is 30.0. The van der Waals surface area contributed by atoms with E-state index in [-0.39, 0.29) is 10.6 Å². The first-order chi connectivity index (χ1) is 27.0. The van der Waals surface area contributed by atoms with Crippen LogP contribution in [0.3, 0.4) is 0 Å². The van der Waals surface area contributed by atoms with Gasteiger partial charge in [-0.25, -0.2) is 14.6 Å². The van der Waals surface area contributed by atoms with E-state index in [0.717, 1.165) is 26.4 Å². The quantitative estimate of drug-likeness (QED) is 0.154. The van der Waals surface area contributed by atoms with Gasteiger partial charge in [0.1, 0.15) is 12.1 Å². The average Bonchev–Trinajstić information content (AvgIpc) is 3.16. The van der Waals surface area contributed by atoms with Crippen LogP contribution in [0.2, 0.25) is 0 Å². The van der Waals surface area contributed by atoms with Crippen LogP contribution in [0.15, 0.2) is 79.0 Å². The van der Waals surface area contributed by atoms with E-state index >= 15 is 0 Å². The number of aromatic nitrogens is 1. The number of alkyl carbamates (subject to hydrolysis) is 2. The van der Waals surface area contributed by atoms with Crippen molar-refractivity contribution in [3.8, 4) is 11.3 Å². The Morgan fingerprint density at radius 3 is 1.84 bits per heavy atom. The summed E-state index contributed by atoms with van der Waals surface area (Å²) in [5.74, 6) is -2.64.